The van der Waals surface area contributed by atoms with Gasteiger partial charge in [0.1, 0.15) is 0 Å². The zero-order chi connectivity index (χ0) is 14.0. The predicted octanol–water partition coefficient (Wildman–Crippen LogP) is 1.03. The van der Waals surface area contributed by atoms with Gasteiger partial charge in [0, 0.05) is 18.2 Å². The molecule has 1 atom stereocenters. The van der Waals surface area contributed by atoms with E-state index in [0.717, 1.165) is 5.65 Å². The van der Waals surface area contributed by atoms with E-state index >= 15 is 0 Å². The molecule has 19 heavy (non-hydrogen) atoms. The average molecular weight is 261 g/mol. The number of rotatable bonds is 4. The van der Waals surface area contributed by atoms with Crippen LogP contribution in [-0.2, 0) is 4.79 Å². The van der Waals surface area contributed by atoms with E-state index in [1.54, 1.807) is 0 Å². The van der Waals surface area contributed by atoms with Gasteiger partial charge in [-0.25, -0.2) is 0 Å². The fourth-order valence-corrected chi connectivity index (χ4v) is 1.93. The third kappa shape index (κ3) is 3.29. The van der Waals surface area contributed by atoms with Gasteiger partial charge in [-0.1, -0.05) is 6.07 Å². The molecule has 0 radical (unpaired) electrons. The molecule has 0 aliphatic carbocycles. The van der Waals surface area contributed by atoms with Crippen LogP contribution in [0.25, 0.3) is 5.65 Å². The van der Waals surface area contributed by atoms with E-state index in [1.807, 2.05) is 49.6 Å². The molecule has 2 aromatic heterocycles. The first-order valence-electron chi connectivity index (χ1n) is 6.25. The van der Waals surface area contributed by atoms with Crippen molar-refractivity contribution in [3.8, 4) is 0 Å². The summed E-state index contributed by atoms with van der Waals surface area (Å²) in [6.45, 7) is 5.53. The van der Waals surface area contributed by atoms with Gasteiger partial charge in [-0.3, -0.25) is 9.20 Å². The number of aromatic nitrogens is 3. The van der Waals surface area contributed by atoms with E-state index in [-0.39, 0.29) is 18.4 Å². The van der Waals surface area contributed by atoms with Crippen LogP contribution in [0.4, 0.5) is 0 Å². The molecule has 2 heterocycles. The Morgan fingerprint density at radius 1 is 1.47 bits per heavy atom. The van der Waals surface area contributed by atoms with Crippen molar-refractivity contribution in [1.82, 2.24) is 19.9 Å². The summed E-state index contributed by atoms with van der Waals surface area (Å²) in [6.07, 6.45) is 2.15. The van der Waals surface area contributed by atoms with E-state index in [1.165, 1.54) is 0 Å². The fraction of sp³-hybridized carbons (Fsp3) is 0.462. The van der Waals surface area contributed by atoms with Crippen LogP contribution >= 0.6 is 0 Å². The first-order valence-corrected chi connectivity index (χ1v) is 6.25. The highest BCUT2D eigenvalue weighted by Crippen LogP contribution is 2.12. The Morgan fingerprint density at radius 3 is 2.89 bits per heavy atom. The summed E-state index contributed by atoms with van der Waals surface area (Å²) in [7, 11) is 0. The van der Waals surface area contributed by atoms with Crippen LogP contribution in [0, 0.1) is 0 Å². The molecule has 0 saturated heterocycles. The normalized spacial score (nSPS) is 13.5. The molecule has 3 N–H and O–H groups in total. The van der Waals surface area contributed by atoms with Gasteiger partial charge in [-0.15, -0.1) is 10.2 Å². The molecule has 1 amide bonds. The second-order valence-electron chi connectivity index (χ2n) is 5.44. The number of nitrogens with one attached hydrogen (secondary N) is 1. The number of hydrogen-bond acceptors (Lipinski definition) is 4. The van der Waals surface area contributed by atoms with Gasteiger partial charge in [0.2, 0.25) is 5.91 Å². The smallest absolute Gasteiger partial charge is 0.222 e. The Kier molecular flexibility index (Phi) is 3.53. The van der Waals surface area contributed by atoms with Gasteiger partial charge < -0.3 is 11.1 Å². The topological polar surface area (TPSA) is 85.3 Å². The molecule has 0 fully saturated rings. The molecule has 0 aliphatic heterocycles. The van der Waals surface area contributed by atoms with Gasteiger partial charge in [0.25, 0.3) is 0 Å². The van der Waals surface area contributed by atoms with Crippen molar-refractivity contribution >= 4 is 11.6 Å². The van der Waals surface area contributed by atoms with Crippen LogP contribution in [0.2, 0.25) is 0 Å². The quantitative estimate of drug-likeness (QED) is 0.861. The zero-order valence-electron chi connectivity index (χ0n) is 11.4. The molecular weight excluding hydrogens is 242 g/mol. The Hall–Kier alpha value is -1.95. The monoisotopic (exact) mass is 261 g/mol. The molecule has 2 aromatic rings. The summed E-state index contributed by atoms with van der Waals surface area (Å²) >= 11 is 0. The van der Waals surface area contributed by atoms with Gasteiger partial charge in [0.15, 0.2) is 11.5 Å². The molecule has 0 spiro atoms. The van der Waals surface area contributed by atoms with Crippen molar-refractivity contribution in [1.29, 1.82) is 0 Å². The minimum Gasteiger partial charge on any atom is -0.346 e. The number of amides is 1. The van der Waals surface area contributed by atoms with E-state index in [2.05, 4.69) is 15.5 Å². The van der Waals surface area contributed by atoms with Crippen molar-refractivity contribution < 1.29 is 4.79 Å². The molecule has 102 valence electrons. The summed E-state index contributed by atoms with van der Waals surface area (Å²) in [6, 6.07) is 5.45. The summed E-state index contributed by atoms with van der Waals surface area (Å²) < 4.78 is 1.86. The maximum absolute atomic E-state index is 11.9. The molecular formula is C13H19N5O. The summed E-state index contributed by atoms with van der Waals surface area (Å²) in [5.74, 6) is 0.617. The Labute approximate surface area is 112 Å². The fourth-order valence-electron chi connectivity index (χ4n) is 1.93. The summed E-state index contributed by atoms with van der Waals surface area (Å²) in [4.78, 5) is 11.9. The third-order valence-electron chi connectivity index (χ3n) is 2.72. The lowest BCUT2D eigenvalue weighted by Crippen LogP contribution is -2.40. The van der Waals surface area contributed by atoms with Gasteiger partial charge >= 0.3 is 0 Å². The minimum absolute atomic E-state index is 0.0901. The van der Waals surface area contributed by atoms with Crippen LogP contribution in [0.5, 0.6) is 0 Å². The number of fused-ring (bicyclic) bond motifs is 1. The lowest BCUT2D eigenvalue weighted by Gasteiger charge is -2.19. The summed E-state index contributed by atoms with van der Waals surface area (Å²) in [5.41, 5.74) is 6.07. The van der Waals surface area contributed by atoms with E-state index in [0.29, 0.717) is 5.82 Å². The molecule has 0 aliphatic rings. The van der Waals surface area contributed by atoms with Crippen molar-refractivity contribution in [2.75, 3.05) is 0 Å². The van der Waals surface area contributed by atoms with E-state index < -0.39 is 5.54 Å². The maximum Gasteiger partial charge on any atom is 0.222 e. The molecule has 0 saturated carbocycles. The number of hydrogen-bond donors (Lipinski definition) is 2. The van der Waals surface area contributed by atoms with E-state index in [9.17, 15) is 4.79 Å². The Balaban J connectivity index is 2.12. The third-order valence-corrected chi connectivity index (χ3v) is 2.72. The Morgan fingerprint density at radius 2 is 2.21 bits per heavy atom. The lowest BCUT2D eigenvalue weighted by atomic mass is 10.0. The molecule has 1 unspecified atom stereocenters. The number of carbonyl (C=O) groups excluding carboxylic acids is 1. The molecule has 6 nitrogen and oxygen atoms in total. The Bertz CT molecular complexity index is 584. The summed E-state index contributed by atoms with van der Waals surface area (Å²) in [5, 5.41) is 11.1. The van der Waals surface area contributed by atoms with Crippen LogP contribution in [0.3, 0.4) is 0 Å². The lowest BCUT2D eigenvalue weighted by molar-refractivity contribution is -0.122. The molecule has 0 bridgehead atoms. The largest absolute Gasteiger partial charge is 0.346 e. The molecule has 0 aromatic carbocycles. The second-order valence-corrected chi connectivity index (χ2v) is 5.44. The standard InChI is InChI=1S/C13H19N5O/c1-9(15-11(19)8-13(2,3)14)12-17-16-10-6-4-5-7-18(10)12/h4-7,9H,8,14H2,1-3H3,(H,15,19). The van der Waals surface area contributed by atoms with Crippen LogP contribution in [-0.4, -0.2) is 26.0 Å². The minimum atomic E-state index is -0.517. The van der Waals surface area contributed by atoms with Crippen LogP contribution < -0.4 is 11.1 Å². The first kappa shape index (κ1) is 13.5. The van der Waals surface area contributed by atoms with E-state index in [4.69, 9.17) is 5.73 Å². The van der Waals surface area contributed by atoms with Gasteiger partial charge in [0.05, 0.1) is 6.04 Å². The number of carbonyl (C=O) groups is 1. The molecule has 2 rings (SSSR count). The highest BCUT2D eigenvalue weighted by Gasteiger charge is 2.20. The highest BCUT2D eigenvalue weighted by molar-refractivity contribution is 5.77. The van der Waals surface area contributed by atoms with Crippen molar-refractivity contribution in [3.63, 3.8) is 0 Å². The highest BCUT2D eigenvalue weighted by atomic mass is 16.1. The average Bonchev–Trinajstić information content (AvgIpc) is 2.69. The SMILES string of the molecule is CC(NC(=O)CC(C)(C)N)c1nnc2ccccn12. The second kappa shape index (κ2) is 4.97. The number of pyridine rings is 1. The van der Waals surface area contributed by atoms with Crippen molar-refractivity contribution in [2.45, 2.75) is 38.8 Å². The predicted molar refractivity (Wildman–Crippen MR) is 72.4 cm³/mol. The van der Waals surface area contributed by atoms with Crippen LogP contribution in [0.1, 0.15) is 39.1 Å². The van der Waals surface area contributed by atoms with Gasteiger partial charge in [-0.05, 0) is 32.9 Å². The van der Waals surface area contributed by atoms with Crippen molar-refractivity contribution in [3.05, 3.63) is 30.2 Å². The first-order chi connectivity index (χ1) is 8.87. The van der Waals surface area contributed by atoms with Crippen molar-refractivity contribution in [2.24, 2.45) is 5.73 Å². The zero-order valence-corrected chi connectivity index (χ0v) is 11.4. The number of nitrogens with zero attached hydrogens (tertiary/aromatic N) is 3. The maximum atomic E-state index is 11.9. The van der Waals surface area contributed by atoms with Gasteiger partial charge in [-0.2, -0.15) is 0 Å². The van der Waals surface area contributed by atoms with Crippen LogP contribution in [0.15, 0.2) is 24.4 Å². The molecule has 6 heteroatoms. The number of nitrogens with two attached hydrogens (primary N) is 1.